The summed E-state index contributed by atoms with van der Waals surface area (Å²) in [4.78, 5) is 2.51. The van der Waals surface area contributed by atoms with Crippen molar-refractivity contribution in [3.63, 3.8) is 0 Å². The maximum absolute atomic E-state index is 5.74. The van der Waals surface area contributed by atoms with Gasteiger partial charge in [0.05, 0.1) is 5.92 Å². The smallest absolute Gasteiger partial charge is 0.220 e. The van der Waals surface area contributed by atoms with Crippen LogP contribution in [-0.2, 0) is 6.42 Å². The van der Waals surface area contributed by atoms with Crippen LogP contribution < -0.4 is 0 Å². The quantitative estimate of drug-likeness (QED) is 0.825. The summed E-state index contributed by atoms with van der Waals surface area (Å²) >= 11 is 0. The van der Waals surface area contributed by atoms with Crippen LogP contribution in [0, 0.1) is 5.41 Å². The fraction of sp³-hybridized carbons (Fsp3) is 0.857. The van der Waals surface area contributed by atoms with Crippen molar-refractivity contribution in [2.24, 2.45) is 5.41 Å². The van der Waals surface area contributed by atoms with Gasteiger partial charge in [0.1, 0.15) is 0 Å². The summed E-state index contributed by atoms with van der Waals surface area (Å²) in [7, 11) is 0. The van der Waals surface area contributed by atoms with Crippen LogP contribution in [0.5, 0.6) is 0 Å². The van der Waals surface area contributed by atoms with Crippen molar-refractivity contribution >= 4 is 0 Å². The SMILES string of the molecule is CCCc1nnc([C@H]2CCN(CC(C)(C)C)C2)o1. The Balaban J connectivity index is 1.91. The van der Waals surface area contributed by atoms with Crippen molar-refractivity contribution in [1.82, 2.24) is 15.1 Å². The molecule has 1 aromatic heterocycles. The average molecular weight is 251 g/mol. The number of hydrogen-bond acceptors (Lipinski definition) is 4. The maximum Gasteiger partial charge on any atom is 0.220 e. The maximum atomic E-state index is 5.74. The summed E-state index contributed by atoms with van der Waals surface area (Å²) in [6.45, 7) is 12.3. The Labute approximate surface area is 110 Å². The molecule has 2 rings (SSSR count). The standard InChI is InChI=1S/C14H25N3O/c1-5-6-12-15-16-13(18-12)11-7-8-17(9-11)10-14(2,3)4/h11H,5-10H2,1-4H3/t11-/m0/s1. The highest BCUT2D eigenvalue weighted by atomic mass is 16.4. The van der Waals surface area contributed by atoms with E-state index < -0.39 is 0 Å². The topological polar surface area (TPSA) is 42.2 Å². The molecular weight excluding hydrogens is 226 g/mol. The summed E-state index contributed by atoms with van der Waals surface area (Å²) in [5.74, 6) is 2.07. The molecule has 1 atom stereocenters. The van der Waals surface area contributed by atoms with E-state index in [1.54, 1.807) is 0 Å². The second-order valence-corrected chi connectivity index (χ2v) is 6.57. The van der Waals surface area contributed by atoms with Crippen LogP contribution in [0.3, 0.4) is 0 Å². The average Bonchev–Trinajstić information content (AvgIpc) is 2.85. The number of aryl methyl sites for hydroxylation is 1. The van der Waals surface area contributed by atoms with Crippen LogP contribution >= 0.6 is 0 Å². The molecule has 0 bridgehead atoms. The van der Waals surface area contributed by atoms with Crippen molar-refractivity contribution in [2.45, 2.75) is 52.9 Å². The van der Waals surface area contributed by atoms with E-state index >= 15 is 0 Å². The van der Waals surface area contributed by atoms with E-state index in [2.05, 4.69) is 42.8 Å². The van der Waals surface area contributed by atoms with Crippen LogP contribution in [0.2, 0.25) is 0 Å². The second-order valence-electron chi connectivity index (χ2n) is 6.57. The molecule has 0 aromatic carbocycles. The molecule has 0 amide bonds. The lowest BCUT2D eigenvalue weighted by molar-refractivity contribution is 0.223. The van der Waals surface area contributed by atoms with Crippen LogP contribution in [-0.4, -0.2) is 34.7 Å². The summed E-state index contributed by atoms with van der Waals surface area (Å²) in [5, 5.41) is 8.32. The molecule has 0 radical (unpaired) electrons. The summed E-state index contributed by atoms with van der Waals surface area (Å²) in [6.07, 6.45) is 3.09. The molecule has 2 heterocycles. The monoisotopic (exact) mass is 251 g/mol. The molecule has 1 saturated heterocycles. The number of likely N-dealkylation sites (tertiary alicyclic amines) is 1. The van der Waals surface area contributed by atoms with Crippen LogP contribution in [0.15, 0.2) is 4.42 Å². The number of aromatic nitrogens is 2. The molecular formula is C14H25N3O. The first-order chi connectivity index (χ1) is 8.48. The fourth-order valence-corrected chi connectivity index (χ4v) is 2.60. The van der Waals surface area contributed by atoms with E-state index in [-0.39, 0.29) is 0 Å². The largest absolute Gasteiger partial charge is 0.425 e. The van der Waals surface area contributed by atoms with E-state index in [4.69, 9.17) is 4.42 Å². The van der Waals surface area contributed by atoms with Gasteiger partial charge in [-0.15, -0.1) is 10.2 Å². The van der Waals surface area contributed by atoms with E-state index in [1.165, 1.54) is 0 Å². The molecule has 102 valence electrons. The summed E-state index contributed by atoms with van der Waals surface area (Å²) in [6, 6.07) is 0. The normalized spacial score (nSPS) is 21.7. The van der Waals surface area contributed by atoms with E-state index in [1.807, 2.05) is 0 Å². The highest BCUT2D eigenvalue weighted by Crippen LogP contribution is 2.28. The third-order valence-corrected chi connectivity index (χ3v) is 3.27. The van der Waals surface area contributed by atoms with Gasteiger partial charge in [-0.05, 0) is 24.8 Å². The third-order valence-electron chi connectivity index (χ3n) is 3.27. The first kappa shape index (κ1) is 13.5. The lowest BCUT2D eigenvalue weighted by atomic mass is 9.96. The minimum atomic E-state index is 0.358. The molecule has 1 fully saturated rings. The highest BCUT2D eigenvalue weighted by Gasteiger charge is 2.30. The third kappa shape index (κ3) is 3.55. The Morgan fingerprint density at radius 2 is 2.11 bits per heavy atom. The van der Waals surface area contributed by atoms with Crippen LogP contribution in [0.1, 0.15) is 58.2 Å². The molecule has 1 aliphatic rings. The molecule has 0 N–H and O–H groups in total. The molecule has 0 spiro atoms. The minimum absolute atomic E-state index is 0.358. The molecule has 1 aliphatic heterocycles. The van der Waals surface area contributed by atoms with Gasteiger partial charge < -0.3 is 9.32 Å². The Morgan fingerprint density at radius 3 is 2.78 bits per heavy atom. The van der Waals surface area contributed by atoms with Gasteiger partial charge in [0.15, 0.2) is 0 Å². The molecule has 0 unspecified atom stereocenters. The van der Waals surface area contributed by atoms with Crippen LogP contribution in [0.4, 0.5) is 0 Å². The van der Waals surface area contributed by atoms with Gasteiger partial charge >= 0.3 is 0 Å². The molecule has 4 nitrogen and oxygen atoms in total. The Hall–Kier alpha value is -0.900. The molecule has 0 aliphatic carbocycles. The molecule has 1 aromatic rings. The second kappa shape index (κ2) is 5.39. The van der Waals surface area contributed by atoms with Gasteiger partial charge in [-0.3, -0.25) is 0 Å². The van der Waals surface area contributed by atoms with Gasteiger partial charge in [0.25, 0.3) is 0 Å². The van der Waals surface area contributed by atoms with Gasteiger partial charge in [-0.25, -0.2) is 0 Å². The van der Waals surface area contributed by atoms with Crippen molar-refractivity contribution < 1.29 is 4.42 Å². The zero-order chi connectivity index (χ0) is 13.2. The lowest BCUT2D eigenvalue weighted by Crippen LogP contribution is -2.30. The number of hydrogen-bond donors (Lipinski definition) is 0. The van der Waals surface area contributed by atoms with Gasteiger partial charge in [-0.1, -0.05) is 27.7 Å². The first-order valence-electron chi connectivity index (χ1n) is 7.02. The number of rotatable bonds is 4. The zero-order valence-electron chi connectivity index (χ0n) is 12.1. The molecule has 18 heavy (non-hydrogen) atoms. The highest BCUT2D eigenvalue weighted by molar-refractivity contribution is 4.97. The summed E-state index contributed by atoms with van der Waals surface area (Å²) < 4.78 is 5.74. The van der Waals surface area contributed by atoms with Gasteiger partial charge in [0, 0.05) is 19.5 Å². The molecule has 0 saturated carbocycles. The van der Waals surface area contributed by atoms with Crippen molar-refractivity contribution in [3.05, 3.63) is 11.8 Å². The number of nitrogens with zero attached hydrogens (tertiary/aromatic N) is 3. The lowest BCUT2D eigenvalue weighted by Gasteiger charge is -2.25. The summed E-state index contributed by atoms with van der Waals surface area (Å²) in [5.41, 5.74) is 0.358. The Bertz CT molecular complexity index is 381. The zero-order valence-corrected chi connectivity index (χ0v) is 12.1. The molecule has 4 heteroatoms. The van der Waals surface area contributed by atoms with Gasteiger partial charge in [-0.2, -0.15) is 0 Å². The first-order valence-corrected chi connectivity index (χ1v) is 7.02. The van der Waals surface area contributed by atoms with Crippen molar-refractivity contribution in [1.29, 1.82) is 0 Å². The van der Waals surface area contributed by atoms with Crippen molar-refractivity contribution in [3.8, 4) is 0 Å². The van der Waals surface area contributed by atoms with E-state index in [9.17, 15) is 0 Å². The van der Waals surface area contributed by atoms with Gasteiger partial charge in [0.2, 0.25) is 11.8 Å². The predicted octanol–water partition coefficient (Wildman–Crippen LogP) is 2.86. The minimum Gasteiger partial charge on any atom is -0.425 e. The fourth-order valence-electron chi connectivity index (χ4n) is 2.60. The Kier molecular flexibility index (Phi) is 4.05. The van der Waals surface area contributed by atoms with E-state index in [0.29, 0.717) is 11.3 Å². The Morgan fingerprint density at radius 1 is 1.33 bits per heavy atom. The predicted molar refractivity (Wildman–Crippen MR) is 71.5 cm³/mol. The van der Waals surface area contributed by atoms with E-state index in [0.717, 1.165) is 50.7 Å². The van der Waals surface area contributed by atoms with Crippen molar-refractivity contribution in [2.75, 3.05) is 19.6 Å². The van der Waals surface area contributed by atoms with Crippen LogP contribution in [0.25, 0.3) is 0 Å².